The summed E-state index contributed by atoms with van der Waals surface area (Å²) in [5.74, 6) is 0. The van der Waals surface area contributed by atoms with Crippen LogP contribution < -0.4 is 5.56 Å². The van der Waals surface area contributed by atoms with E-state index in [0.29, 0.717) is 0 Å². The van der Waals surface area contributed by atoms with Gasteiger partial charge in [0.25, 0.3) is 5.56 Å². The Morgan fingerprint density at radius 2 is 1.88 bits per heavy atom. The zero-order valence-corrected chi connectivity index (χ0v) is 10.8. The maximum Gasteiger partial charge on any atom is 0.251 e. The Morgan fingerprint density at radius 1 is 1.18 bits per heavy atom. The van der Waals surface area contributed by atoms with Crippen LogP contribution in [0.4, 0.5) is 0 Å². The number of aromatic nitrogens is 1. The molecule has 1 atom stereocenters. The van der Waals surface area contributed by atoms with Crippen molar-refractivity contribution in [3.8, 4) is 0 Å². The summed E-state index contributed by atoms with van der Waals surface area (Å²) < 4.78 is 2.68. The number of pyridine rings is 1. The molecule has 1 aromatic carbocycles. The van der Waals surface area contributed by atoms with Gasteiger partial charge in [-0.2, -0.15) is 0 Å². The summed E-state index contributed by atoms with van der Waals surface area (Å²) in [6.45, 7) is 3.81. The molecule has 0 unspecified atom stereocenters. The Hall–Kier alpha value is -1.61. The molecule has 1 aromatic heterocycles. The summed E-state index contributed by atoms with van der Waals surface area (Å²) in [5.41, 5.74) is 1.01. The number of hydrogen-bond acceptors (Lipinski definition) is 1. The predicted octanol–water partition coefficient (Wildman–Crippen LogP) is 3.39. The summed E-state index contributed by atoms with van der Waals surface area (Å²) in [7, 11) is 0. The minimum absolute atomic E-state index is 0.0275. The molecule has 0 aliphatic carbocycles. The van der Waals surface area contributed by atoms with E-state index in [-0.39, 0.29) is 11.6 Å². The van der Waals surface area contributed by atoms with Crippen LogP contribution >= 0.6 is 15.9 Å². The number of hydrogen-bond donors (Lipinski definition) is 0. The fraction of sp³-hybridized carbons (Fsp3) is 0.0714. The lowest BCUT2D eigenvalue weighted by atomic mass is 10.1. The Morgan fingerprint density at radius 3 is 2.47 bits per heavy atom. The highest BCUT2D eigenvalue weighted by molar-refractivity contribution is 9.10. The molecular weight excluding hydrogens is 278 g/mol. The van der Waals surface area contributed by atoms with E-state index >= 15 is 0 Å². The van der Waals surface area contributed by atoms with Gasteiger partial charge in [-0.3, -0.25) is 4.79 Å². The number of rotatable bonds is 3. The molecule has 3 heteroatoms. The van der Waals surface area contributed by atoms with Crippen molar-refractivity contribution in [1.29, 1.82) is 0 Å². The molecule has 0 amide bonds. The summed E-state index contributed by atoms with van der Waals surface area (Å²) >= 11 is 3.39. The molecule has 17 heavy (non-hydrogen) atoms. The second kappa shape index (κ2) is 5.15. The van der Waals surface area contributed by atoms with Gasteiger partial charge in [0.1, 0.15) is 0 Å². The molecule has 0 saturated carbocycles. The van der Waals surface area contributed by atoms with Crippen molar-refractivity contribution < 1.29 is 0 Å². The van der Waals surface area contributed by atoms with Gasteiger partial charge in [0, 0.05) is 16.7 Å². The Labute approximate surface area is 108 Å². The second-order valence-electron chi connectivity index (χ2n) is 3.68. The van der Waals surface area contributed by atoms with Gasteiger partial charge in [0.05, 0.1) is 6.04 Å². The SMILES string of the molecule is C=C[C@@H](c1ccc(Br)cc1)n1ccccc1=O. The van der Waals surface area contributed by atoms with Gasteiger partial charge in [-0.1, -0.05) is 40.2 Å². The van der Waals surface area contributed by atoms with Crippen molar-refractivity contribution >= 4 is 15.9 Å². The van der Waals surface area contributed by atoms with Gasteiger partial charge in [-0.15, -0.1) is 6.58 Å². The van der Waals surface area contributed by atoms with E-state index in [2.05, 4.69) is 22.5 Å². The lowest BCUT2D eigenvalue weighted by Crippen LogP contribution is -2.22. The monoisotopic (exact) mass is 289 g/mol. The van der Waals surface area contributed by atoms with Crippen LogP contribution in [0.1, 0.15) is 11.6 Å². The van der Waals surface area contributed by atoms with Crippen LogP contribution in [-0.2, 0) is 0 Å². The maximum atomic E-state index is 11.8. The van der Waals surface area contributed by atoms with E-state index in [9.17, 15) is 4.79 Å². The van der Waals surface area contributed by atoms with Gasteiger partial charge in [-0.05, 0) is 23.8 Å². The smallest absolute Gasteiger partial charge is 0.251 e. The first kappa shape index (κ1) is 11.9. The summed E-state index contributed by atoms with van der Waals surface area (Å²) in [6, 6.07) is 12.9. The van der Waals surface area contributed by atoms with Crippen molar-refractivity contribution in [1.82, 2.24) is 4.57 Å². The van der Waals surface area contributed by atoms with E-state index in [0.717, 1.165) is 10.0 Å². The average Bonchev–Trinajstić information content (AvgIpc) is 2.35. The molecule has 0 fully saturated rings. The van der Waals surface area contributed by atoms with E-state index < -0.39 is 0 Å². The average molecular weight is 290 g/mol. The van der Waals surface area contributed by atoms with Crippen LogP contribution in [0.3, 0.4) is 0 Å². The van der Waals surface area contributed by atoms with Crippen LogP contribution in [0.15, 0.2) is 70.6 Å². The van der Waals surface area contributed by atoms with Crippen molar-refractivity contribution in [2.75, 3.05) is 0 Å². The van der Waals surface area contributed by atoms with Gasteiger partial charge >= 0.3 is 0 Å². The van der Waals surface area contributed by atoms with Crippen LogP contribution in [0.5, 0.6) is 0 Å². The van der Waals surface area contributed by atoms with Crippen LogP contribution in [0, 0.1) is 0 Å². The molecule has 0 spiro atoms. The summed E-state index contributed by atoms with van der Waals surface area (Å²) in [5, 5.41) is 0. The number of benzene rings is 1. The van der Waals surface area contributed by atoms with Gasteiger partial charge in [-0.25, -0.2) is 0 Å². The molecule has 0 bridgehead atoms. The highest BCUT2D eigenvalue weighted by atomic mass is 79.9. The zero-order chi connectivity index (χ0) is 12.3. The number of halogens is 1. The second-order valence-corrected chi connectivity index (χ2v) is 4.59. The van der Waals surface area contributed by atoms with Crippen LogP contribution in [0.2, 0.25) is 0 Å². The van der Waals surface area contributed by atoms with Crippen LogP contribution in [-0.4, -0.2) is 4.57 Å². The lowest BCUT2D eigenvalue weighted by Gasteiger charge is -2.16. The Bertz CT molecular complexity index is 571. The molecule has 2 rings (SSSR count). The third kappa shape index (κ3) is 2.56. The first-order chi connectivity index (χ1) is 8.22. The molecule has 0 radical (unpaired) electrons. The minimum Gasteiger partial charge on any atom is -0.305 e. The first-order valence-corrected chi connectivity index (χ1v) is 6.07. The van der Waals surface area contributed by atoms with E-state index in [1.165, 1.54) is 0 Å². The maximum absolute atomic E-state index is 11.8. The normalized spacial score (nSPS) is 12.1. The summed E-state index contributed by atoms with van der Waals surface area (Å²) in [6.07, 6.45) is 3.54. The molecule has 2 nitrogen and oxygen atoms in total. The molecule has 2 aromatic rings. The number of allylic oxidation sites excluding steroid dienone is 1. The van der Waals surface area contributed by atoms with Gasteiger partial charge < -0.3 is 4.57 Å². The summed E-state index contributed by atoms with van der Waals surface area (Å²) in [4.78, 5) is 11.8. The highest BCUT2D eigenvalue weighted by Crippen LogP contribution is 2.20. The highest BCUT2D eigenvalue weighted by Gasteiger charge is 2.09. The third-order valence-electron chi connectivity index (χ3n) is 2.59. The minimum atomic E-state index is -0.128. The zero-order valence-electron chi connectivity index (χ0n) is 9.21. The quantitative estimate of drug-likeness (QED) is 0.794. The molecule has 1 heterocycles. The lowest BCUT2D eigenvalue weighted by molar-refractivity contribution is 0.671. The molecule has 0 aliphatic rings. The Kier molecular flexibility index (Phi) is 3.59. The fourth-order valence-electron chi connectivity index (χ4n) is 1.74. The van der Waals surface area contributed by atoms with Gasteiger partial charge in [0.15, 0.2) is 0 Å². The molecule has 86 valence electrons. The standard InChI is InChI=1S/C14H12BrNO/c1-2-13(11-6-8-12(15)9-7-11)16-10-4-3-5-14(16)17/h2-10,13H,1H2/t13-/m0/s1. The molecule has 0 saturated heterocycles. The van der Waals surface area contributed by atoms with Crippen molar-refractivity contribution in [2.24, 2.45) is 0 Å². The van der Waals surface area contributed by atoms with Crippen molar-refractivity contribution in [3.05, 3.63) is 81.7 Å². The number of nitrogens with zero attached hydrogens (tertiary/aromatic N) is 1. The molecule has 0 N–H and O–H groups in total. The topological polar surface area (TPSA) is 22.0 Å². The fourth-order valence-corrected chi connectivity index (χ4v) is 2.00. The molecular formula is C14H12BrNO. The largest absolute Gasteiger partial charge is 0.305 e. The van der Waals surface area contributed by atoms with Gasteiger partial charge in [0.2, 0.25) is 0 Å². The molecule has 0 aliphatic heterocycles. The van der Waals surface area contributed by atoms with Crippen LogP contribution in [0.25, 0.3) is 0 Å². The van der Waals surface area contributed by atoms with E-state index in [1.54, 1.807) is 29.0 Å². The third-order valence-corrected chi connectivity index (χ3v) is 3.11. The first-order valence-electron chi connectivity index (χ1n) is 5.27. The van der Waals surface area contributed by atoms with E-state index in [1.807, 2.05) is 30.3 Å². The van der Waals surface area contributed by atoms with Crippen molar-refractivity contribution in [3.63, 3.8) is 0 Å². The van der Waals surface area contributed by atoms with Crippen molar-refractivity contribution in [2.45, 2.75) is 6.04 Å². The predicted molar refractivity (Wildman–Crippen MR) is 73.2 cm³/mol. The Balaban J connectivity index is 2.48. The van der Waals surface area contributed by atoms with E-state index in [4.69, 9.17) is 0 Å².